The number of thioether (sulfide) groups is 1. The molecule has 1 aliphatic heterocycles. The lowest BCUT2D eigenvalue weighted by atomic mass is 10.1. The molecule has 0 saturated heterocycles. The van der Waals surface area contributed by atoms with Crippen molar-refractivity contribution in [1.82, 2.24) is 0 Å². The zero-order valence-corrected chi connectivity index (χ0v) is 16.5. The van der Waals surface area contributed by atoms with Crippen molar-refractivity contribution < 1.29 is 32.3 Å². The van der Waals surface area contributed by atoms with Gasteiger partial charge in [0, 0.05) is 17.0 Å². The van der Waals surface area contributed by atoms with Gasteiger partial charge in [-0.2, -0.15) is 13.2 Å². The summed E-state index contributed by atoms with van der Waals surface area (Å²) in [5.41, 5.74) is -0.00738. The van der Waals surface area contributed by atoms with Crippen molar-refractivity contribution in [1.29, 1.82) is 0 Å². The van der Waals surface area contributed by atoms with Crippen LogP contribution in [0.15, 0.2) is 47.4 Å². The molecule has 0 saturated carbocycles. The predicted octanol–water partition coefficient (Wildman–Crippen LogP) is 4.32. The highest BCUT2D eigenvalue weighted by atomic mass is 32.2. The average Bonchev–Trinajstić information content (AvgIpc) is 2.68. The number of benzene rings is 2. The first-order valence-corrected chi connectivity index (χ1v) is 9.81. The first-order valence-electron chi connectivity index (χ1n) is 8.93. The minimum absolute atomic E-state index is 0.0750. The number of rotatable bonds is 5. The van der Waals surface area contributed by atoms with E-state index in [-0.39, 0.29) is 18.7 Å². The molecule has 1 aliphatic rings. The lowest BCUT2D eigenvalue weighted by molar-refractivity contribution is -0.137. The first-order chi connectivity index (χ1) is 14.2. The monoisotopic (exact) mass is 438 g/mol. The van der Waals surface area contributed by atoms with Gasteiger partial charge in [0.1, 0.15) is 0 Å². The van der Waals surface area contributed by atoms with E-state index in [9.17, 15) is 27.6 Å². The second-order valence-corrected chi connectivity index (χ2v) is 7.60. The van der Waals surface area contributed by atoms with Crippen LogP contribution in [0.4, 0.5) is 24.5 Å². The quantitative estimate of drug-likeness (QED) is 0.679. The third-order valence-electron chi connectivity index (χ3n) is 4.18. The van der Waals surface area contributed by atoms with Gasteiger partial charge in [-0.25, -0.2) is 4.79 Å². The Hall–Kier alpha value is -3.01. The molecule has 0 aromatic heterocycles. The van der Waals surface area contributed by atoms with Crippen LogP contribution in [0.1, 0.15) is 29.3 Å². The maximum absolute atomic E-state index is 12.8. The van der Waals surface area contributed by atoms with E-state index in [2.05, 4.69) is 10.6 Å². The van der Waals surface area contributed by atoms with Crippen LogP contribution in [-0.2, 0) is 20.5 Å². The predicted molar refractivity (Wildman–Crippen MR) is 105 cm³/mol. The Labute approximate surface area is 174 Å². The summed E-state index contributed by atoms with van der Waals surface area (Å²) in [5.74, 6) is -1.46. The molecule has 158 valence electrons. The highest BCUT2D eigenvalue weighted by Gasteiger charge is 2.34. The summed E-state index contributed by atoms with van der Waals surface area (Å²) in [6.45, 7) is 1.94. The van der Waals surface area contributed by atoms with E-state index >= 15 is 0 Å². The van der Waals surface area contributed by atoms with Crippen molar-refractivity contribution >= 4 is 40.9 Å². The second-order valence-electron chi connectivity index (χ2n) is 6.35. The fourth-order valence-corrected chi connectivity index (χ4v) is 3.84. The molecule has 0 spiro atoms. The summed E-state index contributed by atoms with van der Waals surface area (Å²) in [6, 6.07) is 9.17. The van der Waals surface area contributed by atoms with Gasteiger partial charge in [-0.3, -0.25) is 9.59 Å². The molecule has 0 unspecified atom stereocenters. The van der Waals surface area contributed by atoms with E-state index in [1.165, 1.54) is 30.3 Å². The van der Waals surface area contributed by atoms with Gasteiger partial charge in [0.25, 0.3) is 0 Å². The molecule has 6 nitrogen and oxygen atoms in total. The van der Waals surface area contributed by atoms with E-state index in [1.54, 1.807) is 6.92 Å². The number of carbonyl (C=O) groups excluding carboxylic acids is 3. The third kappa shape index (κ3) is 5.12. The van der Waals surface area contributed by atoms with Crippen LogP contribution in [-0.4, -0.2) is 29.6 Å². The molecule has 2 aromatic carbocycles. The molecule has 2 amide bonds. The number of esters is 1. The second kappa shape index (κ2) is 8.78. The van der Waals surface area contributed by atoms with Gasteiger partial charge in [-0.05, 0) is 49.4 Å². The molecule has 0 aliphatic carbocycles. The Morgan fingerprint density at radius 1 is 1.17 bits per heavy atom. The zero-order valence-electron chi connectivity index (χ0n) is 15.7. The van der Waals surface area contributed by atoms with Crippen LogP contribution in [0.25, 0.3) is 0 Å². The topological polar surface area (TPSA) is 84.5 Å². The molecule has 1 heterocycles. The zero-order chi connectivity index (χ0) is 21.9. The van der Waals surface area contributed by atoms with Crippen LogP contribution in [0.2, 0.25) is 0 Å². The Kier molecular flexibility index (Phi) is 6.35. The molecular weight excluding hydrogens is 421 g/mol. The van der Waals surface area contributed by atoms with Crippen molar-refractivity contribution in [2.45, 2.75) is 29.7 Å². The number of halogens is 3. The molecule has 1 atom stereocenters. The summed E-state index contributed by atoms with van der Waals surface area (Å²) in [4.78, 5) is 36.6. The van der Waals surface area contributed by atoms with Crippen molar-refractivity contribution in [2.24, 2.45) is 0 Å². The number of carbonyl (C=O) groups is 3. The van der Waals surface area contributed by atoms with Crippen molar-refractivity contribution in [3.05, 3.63) is 53.6 Å². The van der Waals surface area contributed by atoms with Crippen LogP contribution < -0.4 is 10.6 Å². The van der Waals surface area contributed by atoms with Gasteiger partial charge in [0.15, 0.2) is 0 Å². The normalized spacial score (nSPS) is 15.7. The first kappa shape index (κ1) is 21.7. The summed E-state index contributed by atoms with van der Waals surface area (Å²) in [7, 11) is 0. The van der Waals surface area contributed by atoms with Crippen LogP contribution in [0.5, 0.6) is 0 Å². The molecule has 10 heteroatoms. The Balaban J connectivity index is 1.62. The fourth-order valence-electron chi connectivity index (χ4n) is 2.75. The van der Waals surface area contributed by atoms with Crippen molar-refractivity contribution in [2.75, 3.05) is 17.2 Å². The minimum Gasteiger partial charge on any atom is -0.462 e. The maximum atomic E-state index is 12.8. The molecule has 3 rings (SSSR count). The van der Waals surface area contributed by atoms with Gasteiger partial charge in [-0.15, -0.1) is 11.8 Å². The molecule has 0 bridgehead atoms. The largest absolute Gasteiger partial charge is 0.462 e. The van der Waals surface area contributed by atoms with Gasteiger partial charge in [0.2, 0.25) is 11.8 Å². The minimum atomic E-state index is -4.51. The van der Waals surface area contributed by atoms with Crippen LogP contribution >= 0.6 is 11.8 Å². The number of ether oxygens (including phenoxy) is 1. The van der Waals surface area contributed by atoms with E-state index in [4.69, 9.17) is 4.74 Å². The van der Waals surface area contributed by atoms with E-state index in [1.807, 2.05) is 0 Å². The average molecular weight is 438 g/mol. The smallest absolute Gasteiger partial charge is 0.416 e. The number of hydrogen-bond donors (Lipinski definition) is 2. The Morgan fingerprint density at radius 2 is 1.87 bits per heavy atom. The van der Waals surface area contributed by atoms with Gasteiger partial charge in [0.05, 0.1) is 28.7 Å². The number of amides is 2. The van der Waals surface area contributed by atoms with Gasteiger partial charge >= 0.3 is 12.1 Å². The molecular formula is C20H17F3N2O4S. The Morgan fingerprint density at radius 3 is 2.50 bits per heavy atom. The van der Waals surface area contributed by atoms with Gasteiger partial charge < -0.3 is 15.4 Å². The SMILES string of the molecule is CCOC(=O)c1ccc(NC(=O)C[C@H]2Sc3ccc(C(F)(F)F)cc3NC2=O)cc1. The fraction of sp³-hybridized carbons (Fsp3) is 0.250. The number of alkyl halides is 3. The highest BCUT2D eigenvalue weighted by Crippen LogP contribution is 2.40. The number of hydrogen-bond acceptors (Lipinski definition) is 5. The summed E-state index contributed by atoms with van der Waals surface area (Å²) in [6.07, 6.45) is -4.68. The maximum Gasteiger partial charge on any atom is 0.416 e. The number of anilines is 2. The van der Waals surface area contributed by atoms with E-state index < -0.39 is 34.8 Å². The van der Waals surface area contributed by atoms with Crippen LogP contribution in [0.3, 0.4) is 0 Å². The van der Waals surface area contributed by atoms with Crippen LogP contribution in [0, 0.1) is 0 Å². The van der Waals surface area contributed by atoms with E-state index in [0.29, 0.717) is 16.1 Å². The molecule has 2 aromatic rings. The number of fused-ring (bicyclic) bond motifs is 1. The third-order valence-corrected chi connectivity index (χ3v) is 5.45. The summed E-state index contributed by atoms with van der Waals surface area (Å²) in [5, 5.41) is 4.28. The Bertz CT molecular complexity index is 977. The highest BCUT2D eigenvalue weighted by molar-refractivity contribution is 8.01. The summed E-state index contributed by atoms with van der Waals surface area (Å²) < 4.78 is 43.3. The lowest BCUT2D eigenvalue weighted by Crippen LogP contribution is -2.32. The molecule has 0 radical (unpaired) electrons. The molecule has 2 N–H and O–H groups in total. The lowest BCUT2D eigenvalue weighted by Gasteiger charge is -2.24. The summed E-state index contributed by atoms with van der Waals surface area (Å²) >= 11 is 1.03. The van der Waals surface area contributed by atoms with Crippen molar-refractivity contribution in [3.8, 4) is 0 Å². The van der Waals surface area contributed by atoms with E-state index in [0.717, 1.165) is 23.9 Å². The van der Waals surface area contributed by atoms with Gasteiger partial charge in [-0.1, -0.05) is 0 Å². The van der Waals surface area contributed by atoms with Crippen molar-refractivity contribution in [3.63, 3.8) is 0 Å². The molecule has 30 heavy (non-hydrogen) atoms. The standard InChI is InChI=1S/C20H17F3N2O4S/c1-2-29-19(28)11-3-6-13(7-4-11)24-17(26)10-16-18(27)25-14-9-12(20(21,22)23)5-8-15(14)30-16/h3-9,16H,2,10H2,1H3,(H,24,26)(H,25,27)/t16-/m1/s1. The molecule has 0 fully saturated rings. The number of nitrogens with one attached hydrogen (secondary N) is 2.